The predicted octanol–water partition coefficient (Wildman–Crippen LogP) is 2.85. The van der Waals surface area contributed by atoms with Crippen LogP contribution >= 0.6 is 0 Å². The Labute approximate surface area is 177 Å². The molecular weight excluding hydrogens is 382 g/mol. The van der Waals surface area contributed by atoms with Crippen LogP contribution in [0.15, 0.2) is 24.4 Å². The minimum Gasteiger partial charge on any atom is -0.504 e. The van der Waals surface area contributed by atoms with E-state index in [1.807, 2.05) is 34.8 Å². The number of likely N-dealkylation sites (tertiary alicyclic amines) is 2. The van der Waals surface area contributed by atoms with E-state index in [2.05, 4.69) is 15.2 Å². The first-order valence-corrected chi connectivity index (χ1v) is 11.0. The van der Waals surface area contributed by atoms with Crippen molar-refractivity contribution in [3.8, 4) is 11.5 Å². The van der Waals surface area contributed by atoms with E-state index in [1.165, 1.54) is 6.42 Å². The van der Waals surface area contributed by atoms with E-state index in [-0.39, 0.29) is 17.7 Å². The summed E-state index contributed by atoms with van der Waals surface area (Å²) in [5.41, 5.74) is 1.56. The van der Waals surface area contributed by atoms with Crippen molar-refractivity contribution >= 4 is 5.91 Å². The van der Waals surface area contributed by atoms with Crippen molar-refractivity contribution in [2.75, 3.05) is 32.8 Å². The van der Waals surface area contributed by atoms with Crippen molar-refractivity contribution in [3.63, 3.8) is 0 Å². The fraction of sp³-hybridized carbons (Fsp3) is 0.591. The molecule has 1 aromatic heterocycles. The zero-order chi connectivity index (χ0) is 20.9. The number of carbonyl (C=O) groups excluding carboxylic acids is 1. The second-order valence-electron chi connectivity index (χ2n) is 8.20. The molecule has 4 rings (SSSR count). The van der Waals surface area contributed by atoms with Gasteiger partial charge in [-0.05, 0) is 63.3 Å². The molecule has 1 atom stereocenters. The van der Waals surface area contributed by atoms with Crippen molar-refractivity contribution in [2.24, 2.45) is 0 Å². The number of aromatic nitrogens is 3. The summed E-state index contributed by atoms with van der Waals surface area (Å²) < 4.78 is 7.37. The van der Waals surface area contributed by atoms with Gasteiger partial charge in [-0.3, -0.25) is 9.69 Å². The Kier molecular flexibility index (Phi) is 6.52. The summed E-state index contributed by atoms with van der Waals surface area (Å²) in [5.74, 6) is 0.701. The number of amides is 1. The number of carbonyl (C=O) groups is 1. The van der Waals surface area contributed by atoms with Crippen LogP contribution in [0.2, 0.25) is 0 Å². The highest BCUT2D eigenvalue weighted by Crippen LogP contribution is 2.29. The van der Waals surface area contributed by atoms with Crippen molar-refractivity contribution in [1.82, 2.24) is 24.8 Å². The van der Waals surface area contributed by atoms with Gasteiger partial charge < -0.3 is 14.7 Å². The third kappa shape index (κ3) is 4.75. The molecule has 1 N–H and O–H groups in total. The first kappa shape index (κ1) is 20.7. The maximum absolute atomic E-state index is 12.7. The predicted molar refractivity (Wildman–Crippen MR) is 113 cm³/mol. The van der Waals surface area contributed by atoms with Gasteiger partial charge in [-0.25, -0.2) is 4.68 Å². The normalized spacial score (nSPS) is 20.3. The number of rotatable bonds is 6. The van der Waals surface area contributed by atoms with E-state index >= 15 is 0 Å². The second kappa shape index (κ2) is 9.47. The van der Waals surface area contributed by atoms with Crippen LogP contribution < -0.4 is 4.74 Å². The number of benzene rings is 1. The molecule has 2 fully saturated rings. The maximum atomic E-state index is 12.7. The van der Waals surface area contributed by atoms with E-state index in [9.17, 15) is 9.90 Å². The summed E-state index contributed by atoms with van der Waals surface area (Å²) in [4.78, 5) is 17.0. The molecule has 1 amide bonds. The monoisotopic (exact) mass is 413 g/mol. The highest BCUT2D eigenvalue weighted by Gasteiger charge is 2.25. The number of aromatic hydroxyl groups is 1. The summed E-state index contributed by atoms with van der Waals surface area (Å²) in [6, 6.07) is 5.75. The van der Waals surface area contributed by atoms with Gasteiger partial charge in [0.25, 0.3) is 5.91 Å². The Morgan fingerprint density at radius 1 is 1.20 bits per heavy atom. The molecule has 2 aromatic rings. The zero-order valence-electron chi connectivity index (χ0n) is 17.7. The topological polar surface area (TPSA) is 83.7 Å². The molecule has 0 radical (unpaired) electrons. The third-order valence-corrected chi connectivity index (χ3v) is 5.96. The lowest BCUT2D eigenvalue weighted by Gasteiger charge is -2.32. The van der Waals surface area contributed by atoms with E-state index < -0.39 is 0 Å². The number of hydrogen-bond acceptors (Lipinski definition) is 6. The number of phenolic OH excluding ortho intramolecular Hbond substituents is 1. The van der Waals surface area contributed by atoms with E-state index in [0.717, 1.165) is 64.0 Å². The van der Waals surface area contributed by atoms with E-state index in [4.69, 9.17) is 4.74 Å². The fourth-order valence-electron chi connectivity index (χ4n) is 4.39. The second-order valence-corrected chi connectivity index (χ2v) is 8.20. The zero-order valence-corrected chi connectivity index (χ0v) is 17.7. The molecule has 0 spiro atoms. The molecule has 30 heavy (non-hydrogen) atoms. The van der Waals surface area contributed by atoms with Crippen molar-refractivity contribution < 1.29 is 14.6 Å². The standard InChI is InChI=1S/C22H31N5O3/c1-2-30-21-13-17(8-9-20(21)28)14-25-10-6-7-18(15-25)27-16-19(23-24-27)22(29)26-11-4-3-5-12-26/h8-9,13,16,18,28H,2-7,10-12,14-15H2,1H3/t18-/m1/s1. The Morgan fingerprint density at radius 2 is 2.03 bits per heavy atom. The average Bonchev–Trinajstić information content (AvgIpc) is 3.27. The first-order valence-electron chi connectivity index (χ1n) is 11.0. The average molecular weight is 414 g/mol. The van der Waals surface area contributed by atoms with Crippen LogP contribution in [0.1, 0.15) is 61.1 Å². The Hall–Kier alpha value is -2.61. The quantitative estimate of drug-likeness (QED) is 0.784. The third-order valence-electron chi connectivity index (χ3n) is 5.96. The van der Waals surface area contributed by atoms with Crippen LogP contribution in [-0.2, 0) is 6.54 Å². The molecule has 2 aliphatic heterocycles. The van der Waals surface area contributed by atoms with Gasteiger partial charge in [0.05, 0.1) is 18.8 Å². The van der Waals surface area contributed by atoms with Gasteiger partial charge in [0.2, 0.25) is 0 Å². The number of ether oxygens (including phenoxy) is 1. The molecule has 2 aliphatic rings. The summed E-state index contributed by atoms with van der Waals surface area (Å²) in [5, 5.41) is 18.4. The van der Waals surface area contributed by atoms with E-state index in [0.29, 0.717) is 18.1 Å². The van der Waals surface area contributed by atoms with Crippen molar-refractivity contribution in [2.45, 2.75) is 51.6 Å². The molecule has 8 heteroatoms. The van der Waals surface area contributed by atoms with Crippen LogP contribution in [0, 0.1) is 0 Å². The Morgan fingerprint density at radius 3 is 2.83 bits per heavy atom. The molecule has 1 aromatic carbocycles. The molecule has 162 valence electrons. The summed E-state index contributed by atoms with van der Waals surface area (Å²) >= 11 is 0. The smallest absolute Gasteiger partial charge is 0.276 e. The summed E-state index contributed by atoms with van der Waals surface area (Å²) in [7, 11) is 0. The van der Waals surface area contributed by atoms with Gasteiger partial charge in [-0.15, -0.1) is 5.10 Å². The molecule has 8 nitrogen and oxygen atoms in total. The van der Waals surface area contributed by atoms with Gasteiger partial charge in [-0.2, -0.15) is 0 Å². The highest BCUT2D eigenvalue weighted by molar-refractivity contribution is 5.91. The number of phenols is 1. The van der Waals surface area contributed by atoms with Crippen LogP contribution in [0.5, 0.6) is 11.5 Å². The largest absolute Gasteiger partial charge is 0.504 e. The maximum Gasteiger partial charge on any atom is 0.276 e. The van der Waals surface area contributed by atoms with Crippen LogP contribution in [0.4, 0.5) is 0 Å². The molecule has 0 bridgehead atoms. The van der Waals surface area contributed by atoms with Gasteiger partial charge >= 0.3 is 0 Å². The van der Waals surface area contributed by atoms with Crippen LogP contribution in [0.3, 0.4) is 0 Å². The summed E-state index contributed by atoms with van der Waals surface area (Å²) in [6.07, 6.45) is 7.24. The van der Waals surface area contributed by atoms with Crippen LogP contribution in [-0.4, -0.2) is 68.6 Å². The summed E-state index contributed by atoms with van der Waals surface area (Å²) in [6.45, 7) is 6.71. The molecular formula is C22H31N5O3. The number of hydrogen-bond donors (Lipinski definition) is 1. The highest BCUT2D eigenvalue weighted by atomic mass is 16.5. The first-order chi connectivity index (χ1) is 14.6. The Balaban J connectivity index is 1.39. The van der Waals surface area contributed by atoms with Gasteiger partial charge in [0, 0.05) is 26.2 Å². The fourth-order valence-corrected chi connectivity index (χ4v) is 4.39. The molecule has 2 saturated heterocycles. The van der Waals surface area contributed by atoms with Crippen LogP contribution in [0.25, 0.3) is 0 Å². The number of nitrogens with zero attached hydrogens (tertiary/aromatic N) is 5. The van der Waals surface area contributed by atoms with Gasteiger partial charge in [0.15, 0.2) is 17.2 Å². The SMILES string of the molecule is CCOc1cc(CN2CCC[C@@H](n3cc(C(=O)N4CCCCC4)nn3)C2)ccc1O. The molecule has 0 aliphatic carbocycles. The Bertz CT molecular complexity index is 862. The lowest BCUT2D eigenvalue weighted by atomic mass is 10.0. The molecule has 0 unspecified atom stereocenters. The van der Waals surface area contributed by atoms with Gasteiger partial charge in [-0.1, -0.05) is 11.3 Å². The minimum atomic E-state index is 0.00108. The van der Waals surface area contributed by atoms with E-state index in [1.54, 1.807) is 6.07 Å². The lowest BCUT2D eigenvalue weighted by Crippen LogP contribution is -2.36. The minimum absolute atomic E-state index is 0.00108. The molecule has 0 saturated carbocycles. The number of piperidine rings is 2. The lowest BCUT2D eigenvalue weighted by molar-refractivity contribution is 0.0718. The van der Waals surface area contributed by atoms with Crippen molar-refractivity contribution in [3.05, 3.63) is 35.7 Å². The molecule has 3 heterocycles. The van der Waals surface area contributed by atoms with Crippen molar-refractivity contribution in [1.29, 1.82) is 0 Å². The van der Waals surface area contributed by atoms with Gasteiger partial charge in [0.1, 0.15) is 0 Å².